The molecule has 0 bridgehead atoms. The molecular weight excluding hydrogens is 414 g/mol. The van der Waals surface area contributed by atoms with Crippen molar-refractivity contribution < 1.29 is 4.74 Å². The SMILES string of the molecule is CC1CC(N=O)CC(c2cc(Cc3ccc(SC4CC4)cc3)c(Cl)c3c2CCC3)O1. The minimum Gasteiger partial charge on any atom is -0.370 e. The maximum absolute atomic E-state index is 11.2. The first-order chi connectivity index (χ1) is 14.6. The Morgan fingerprint density at radius 2 is 1.90 bits per heavy atom. The molecule has 0 N–H and O–H groups in total. The second-order valence-electron chi connectivity index (χ2n) is 9.05. The van der Waals surface area contributed by atoms with Crippen molar-refractivity contribution >= 4 is 23.4 Å². The van der Waals surface area contributed by atoms with E-state index < -0.39 is 0 Å². The van der Waals surface area contributed by atoms with Gasteiger partial charge in [-0.2, -0.15) is 4.91 Å². The highest BCUT2D eigenvalue weighted by atomic mass is 35.5. The number of ether oxygens (including phenoxy) is 1. The molecule has 2 aromatic carbocycles. The lowest BCUT2D eigenvalue weighted by molar-refractivity contribution is -0.0488. The molecule has 1 saturated carbocycles. The minimum atomic E-state index is -0.161. The maximum Gasteiger partial charge on any atom is 0.0972 e. The number of hydrogen-bond donors (Lipinski definition) is 0. The lowest BCUT2D eigenvalue weighted by atomic mass is 9.88. The number of nitroso groups, excluding NO2 is 1. The van der Waals surface area contributed by atoms with Gasteiger partial charge in [0.25, 0.3) is 0 Å². The highest BCUT2D eigenvalue weighted by molar-refractivity contribution is 8.00. The average Bonchev–Trinajstić information content (AvgIpc) is 3.42. The minimum absolute atomic E-state index is 0.0548. The van der Waals surface area contributed by atoms with E-state index in [1.54, 1.807) is 0 Å². The number of hydrogen-bond acceptors (Lipinski definition) is 4. The molecule has 0 spiro atoms. The summed E-state index contributed by atoms with van der Waals surface area (Å²) in [5, 5.41) is 5.10. The standard InChI is InChI=1S/C25H28ClNO2S/c1-15-11-18(27-28)14-24(29-15)23-13-17(25(26)22-4-2-3-21(22)23)12-16-5-7-19(8-6-16)30-20-9-10-20/h5-8,13,15,18,20,24H,2-4,9-12,14H2,1H3. The first-order valence-electron chi connectivity index (χ1n) is 11.2. The van der Waals surface area contributed by atoms with Crippen LogP contribution in [-0.2, 0) is 24.0 Å². The van der Waals surface area contributed by atoms with Crippen molar-refractivity contribution in [1.82, 2.24) is 0 Å². The first kappa shape index (κ1) is 20.5. The average molecular weight is 442 g/mol. The zero-order valence-electron chi connectivity index (χ0n) is 17.4. The van der Waals surface area contributed by atoms with Crippen LogP contribution in [0.25, 0.3) is 0 Å². The third-order valence-electron chi connectivity index (χ3n) is 6.57. The summed E-state index contributed by atoms with van der Waals surface area (Å²) in [4.78, 5) is 12.6. The predicted molar refractivity (Wildman–Crippen MR) is 124 cm³/mol. The Morgan fingerprint density at radius 1 is 1.13 bits per heavy atom. The van der Waals surface area contributed by atoms with Gasteiger partial charge in [0.15, 0.2) is 0 Å². The molecule has 5 rings (SSSR count). The molecule has 0 aromatic heterocycles. The van der Waals surface area contributed by atoms with Crippen LogP contribution in [0.1, 0.15) is 72.9 Å². The van der Waals surface area contributed by atoms with E-state index in [0.29, 0.717) is 12.8 Å². The van der Waals surface area contributed by atoms with Crippen molar-refractivity contribution in [2.75, 3.05) is 0 Å². The first-order valence-corrected chi connectivity index (χ1v) is 12.4. The summed E-state index contributed by atoms with van der Waals surface area (Å²) in [6.07, 6.45) is 8.12. The molecule has 5 heteroatoms. The predicted octanol–water partition coefficient (Wildman–Crippen LogP) is 7.05. The molecule has 30 heavy (non-hydrogen) atoms. The molecule has 158 valence electrons. The summed E-state index contributed by atoms with van der Waals surface area (Å²) in [6, 6.07) is 11.1. The summed E-state index contributed by atoms with van der Waals surface area (Å²) < 4.78 is 6.29. The third-order valence-corrected chi connectivity index (χ3v) is 8.39. The van der Waals surface area contributed by atoms with Gasteiger partial charge in [0, 0.05) is 21.6 Å². The molecule has 3 atom stereocenters. The Morgan fingerprint density at radius 3 is 2.63 bits per heavy atom. The topological polar surface area (TPSA) is 38.7 Å². The Kier molecular flexibility index (Phi) is 5.92. The smallest absolute Gasteiger partial charge is 0.0972 e. The van der Waals surface area contributed by atoms with Gasteiger partial charge in [0.05, 0.1) is 18.2 Å². The fourth-order valence-electron chi connectivity index (χ4n) is 4.94. The lowest BCUT2D eigenvalue weighted by Crippen LogP contribution is -2.29. The largest absolute Gasteiger partial charge is 0.370 e. The molecule has 0 radical (unpaired) electrons. The van der Waals surface area contributed by atoms with E-state index >= 15 is 0 Å². The second-order valence-corrected chi connectivity index (χ2v) is 10.8. The van der Waals surface area contributed by atoms with Crippen molar-refractivity contribution in [1.29, 1.82) is 0 Å². The van der Waals surface area contributed by atoms with E-state index in [9.17, 15) is 4.91 Å². The van der Waals surface area contributed by atoms with Crippen LogP contribution < -0.4 is 0 Å². The summed E-state index contributed by atoms with van der Waals surface area (Å²) >= 11 is 8.89. The van der Waals surface area contributed by atoms with Crippen LogP contribution in [0.4, 0.5) is 0 Å². The molecule has 2 aliphatic carbocycles. The van der Waals surface area contributed by atoms with Crippen molar-refractivity contribution in [3.63, 3.8) is 0 Å². The van der Waals surface area contributed by atoms with Crippen molar-refractivity contribution in [2.45, 2.75) is 86.7 Å². The number of nitrogens with zero attached hydrogens (tertiary/aromatic N) is 1. The summed E-state index contributed by atoms with van der Waals surface area (Å²) in [7, 11) is 0. The van der Waals surface area contributed by atoms with Gasteiger partial charge < -0.3 is 4.74 Å². The highest BCUT2D eigenvalue weighted by Gasteiger charge is 2.33. The van der Waals surface area contributed by atoms with Crippen LogP contribution in [0.2, 0.25) is 5.02 Å². The third kappa shape index (κ3) is 4.32. The van der Waals surface area contributed by atoms with Gasteiger partial charge in [0.1, 0.15) is 0 Å². The molecule has 3 aliphatic rings. The molecule has 3 unspecified atom stereocenters. The monoisotopic (exact) mass is 441 g/mol. The summed E-state index contributed by atoms with van der Waals surface area (Å²) in [6.45, 7) is 2.04. The van der Waals surface area contributed by atoms with Crippen molar-refractivity contribution in [3.8, 4) is 0 Å². The molecule has 2 aromatic rings. The van der Waals surface area contributed by atoms with E-state index in [1.165, 1.54) is 45.6 Å². The lowest BCUT2D eigenvalue weighted by Gasteiger charge is -2.32. The molecule has 2 fully saturated rings. The Bertz CT molecular complexity index is 941. The molecule has 1 saturated heterocycles. The van der Waals surface area contributed by atoms with E-state index in [2.05, 4.69) is 35.5 Å². The zero-order chi connectivity index (χ0) is 20.7. The van der Waals surface area contributed by atoms with Gasteiger partial charge in [-0.25, -0.2) is 0 Å². The van der Waals surface area contributed by atoms with Gasteiger partial charge >= 0.3 is 0 Å². The number of benzene rings is 2. The quantitative estimate of drug-likeness (QED) is 0.451. The van der Waals surface area contributed by atoms with Crippen LogP contribution in [-0.4, -0.2) is 17.4 Å². The molecule has 1 aliphatic heterocycles. The van der Waals surface area contributed by atoms with Crippen molar-refractivity contribution in [2.24, 2.45) is 5.18 Å². The van der Waals surface area contributed by atoms with E-state index in [-0.39, 0.29) is 18.2 Å². The van der Waals surface area contributed by atoms with E-state index in [0.717, 1.165) is 36.0 Å². The molecule has 0 amide bonds. The van der Waals surface area contributed by atoms with Gasteiger partial charge in [-0.3, -0.25) is 0 Å². The maximum atomic E-state index is 11.2. The van der Waals surface area contributed by atoms with Gasteiger partial charge in [0.2, 0.25) is 0 Å². The van der Waals surface area contributed by atoms with Crippen LogP contribution in [0.15, 0.2) is 40.4 Å². The van der Waals surface area contributed by atoms with Crippen LogP contribution in [0.5, 0.6) is 0 Å². The molecule has 3 nitrogen and oxygen atoms in total. The Labute approximate surface area is 187 Å². The Hall–Kier alpha value is -1.36. The molecular formula is C25H28ClNO2S. The molecule has 1 heterocycles. The Balaban J connectivity index is 1.43. The second kappa shape index (κ2) is 8.64. The van der Waals surface area contributed by atoms with Crippen molar-refractivity contribution in [3.05, 3.63) is 68.1 Å². The normalized spacial score (nSPS) is 25.9. The van der Waals surface area contributed by atoms with Gasteiger partial charge in [-0.15, -0.1) is 11.8 Å². The van der Waals surface area contributed by atoms with Crippen LogP contribution >= 0.6 is 23.4 Å². The van der Waals surface area contributed by atoms with Gasteiger partial charge in [-0.05, 0) is 91.8 Å². The fourth-order valence-corrected chi connectivity index (χ4v) is 6.32. The zero-order valence-corrected chi connectivity index (χ0v) is 19.0. The number of fused-ring (bicyclic) bond motifs is 1. The van der Waals surface area contributed by atoms with Crippen LogP contribution in [0.3, 0.4) is 0 Å². The number of rotatable bonds is 6. The van der Waals surface area contributed by atoms with Gasteiger partial charge in [-0.1, -0.05) is 35.0 Å². The van der Waals surface area contributed by atoms with E-state index in [4.69, 9.17) is 16.3 Å². The van der Waals surface area contributed by atoms with E-state index in [1.807, 2.05) is 18.7 Å². The summed E-state index contributed by atoms with van der Waals surface area (Å²) in [5.41, 5.74) is 6.34. The number of halogens is 1. The fraction of sp³-hybridized carbons (Fsp3) is 0.520. The summed E-state index contributed by atoms with van der Waals surface area (Å²) in [5.74, 6) is 0. The van der Waals surface area contributed by atoms with Crippen LogP contribution in [0, 0.1) is 4.91 Å². The highest BCUT2D eigenvalue weighted by Crippen LogP contribution is 2.43. The number of thioether (sulfide) groups is 1.